The summed E-state index contributed by atoms with van der Waals surface area (Å²) in [6.45, 7) is 5.54. The molecule has 188 valence electrons. The second-order valence-corrected chi connectivity index (χ2v) is 10.2. The number of aromatic nitrogens is 1. The number of rotatable bonds is 5. The summed E-state index contributed by atoms with van der Waals surface area (Å²) in [6.07, 6.45) is 4.01. The quantitative estimate of drug-likeness (QED) is 0.552. The number of fused-ring (bicyclic) bond motifs is 3. The Morgan fingerprint density at radius 2 is 1.86 bits per heavy atom. The van der Waals surface area contributed by atoms with Crippen LogP contribution in [0.5, 0.6) is 0 Å². The van der Waals surface area contributed by atoms with Crippen molar-refractivity contribution in [1.82, 2.24) is 14.8 Å². The normalized spacial score (nSPS) is 20.0. The monoisotopic (exact) mass is 490 g/mol. The summed E-state index contributed by atoms with van der Waals surface area (Å²) in [4.78, 5) is 41.8. The fourth-order valence-electron chi connectivity index (χ4n) is 5.57. The van der Waals surface area contributed by atoms with Gasteiger partial charge in [-0.15, -0.1) is 0 Å². The fourth-order valence-corrected chi connectivity index (χ4v) is 5.57. The molecule has 1 saturated carbocycles. The van der Waals surface area contributed by atoms with E-state index in [2.05, 4.69) is 10.6 Å². The Hall–Kier alpha value is -3.68. The van der Waals surface area contributed by atoms with Crippen LogP contribution in [0.1, 0.15) is 61.1 Å². The number of benzene rings is 2. The van der Waals surface area contributed by atoms with Crippen molar-refractivity contribution in [3.05, 3.63) is 65.1 Å². The van der Waals surface area contributed by atoms with Gasteiger partial charge in [-0.3, -0.25) is 14.4 Å². The average Bonchev–Trinajstić information content (AvgIpc) is 3.44. The number of carbonyl (C=O) groups is 3. The van der Waals surface area contributed by atoms with Crippen LogP contribution in [0.3, 0.4) is 0 Å². The highest BCUT2D eigenvalue weighted by atomic mass is 19.1. The minimum Gasteiger partial charge on any atom is -0.351 e. The number of nitrogens with one attached hydrogen (secondary N) is 2. The van der Waals surface area contributed by atoms with Crippen LogP contribution >= 0.6 is 0 Å². The molecule has 8 heteroatoms. The summed E-state index contributed by atoms with van der Waals surface area (Å²) in [5.41, 5.74) is 1.88. The number of nitrogens with zero attached hydrogens (tertiary/aromatic N) is 2. The van der Waals surface area contributed by atoms with Crippen LogP contribution in [0, 0.1) is 12.7 Å². The van der Waals surface area contributed by atoms with Gasteiger partial charge in [0.15, 0.2) is 0 Å². The minimum absolute atomic E-state index is 0.0941. The largest absolute Gasteiger partial charge is 0.351 e. The van der Waals surface area contributed by atoms with Crippen LogP contribution in [-0.2, 0) is 22.7 Å². The van der Waals surface area contributed by atoms with E-state index in [1.807, 2.05) is 31.2 Å². The number of aryl methyl sites for hydroxylation is 1. The van der Waals surface area contributed by atoms with Gasteiger partial charge in [0.2, 0.25) is 11.8 Å². The topological polar surface area (TPSA) is 83.4 Å². The van der Waals surface area contributed by atoms with E-state index in [1.54, 1.807) is 22.5 Å². The molecular formula is C28H31FN4O3. The number of hydrogen-bond acceptors (Lipinski definition) is 3. The van der Waals surface area contributed by atoms with E-state index in [1.165, 1.54) is 19.1 Å². The maximum absolute atomic E-state index is 14.3. The van der Waals surface area contributed by atoms with Crippen LogP contribution in [0.15, 0.2) is 42.5 Å². The van der Waals surface area contributed by atoms with Crippen molar-refractivity contribution < 1.29 is 18.8 Å². The van der Waals surface area contributed by atoms with Crippen molar-refractivity contribution in [1.29, 1.82) is 0 Å². The van der Waals surface area contributed by atoms with Gasteiger partial charge in [0.25, 0.3) is 5.91 Å². The highest BCUT2D eigenvalue weighted by Gasteiger charge is 2.49. The van der Waals surface area contributed by atoms with Crippen molar-refractivity contribution >= 4 is 34.3 Å². The molecule has 1 aromatic heterocycles. The zero-order chi connectivity index (χ0) is 25.6. The van der Waals surface area contributed by atoms with Crippen LogP contribution in [0.2, 0.25) is 0 Å². The maximum atomic E-state index is 14.3. The van der Waals surface area contributed by atoms with E-state index >= 15 is 0 Å². The Morgan fingerprint density at radius 1 is 1.14 bits per heavy atom. The van der Waals surface area contributed by atoms with Gasteiger partial charge in [0.05, 0.1) is 17.7 Å². The van der Waals surface area contributed by atoms with Crippen molar-refractivity contribution in [3.63, 3.8) is 0 Å². The molecule has 1 aliphatic carbocycles. The molecule has 1 fully saturated rings. The summed E-state index contributed by atoms with van der Waals surface area (Å²) in [6, 6.07) is 12.1. The molecule has 1 aliphatic heterocycles. The molecule has 0 radical (unpaired) electrons. The fraction of sp³-hybridized carbons (Fsp3) is 0.393. The highest BCUT2D eigenvalue weighted by Crippen LogP contribution is 2.40. The molecule has 3 aromatic rings. The van der Waals surface area contributed by atoms with Crippen LogP contribution in [-0.4, -0.2) is 38.8 Å². The van der Waals surface area contributed by atoms with Gasteiger partial charge in [-0.05, 0) is 56.0 Å². The van der Waals surface area contributed by atoms with Crippen LogP contribution < -0.4 is 10.6 Å². The summed E-state index contributed by atoms with van der Waals surface area (Å²) >= 11 is 0. The number of anilines is 1. The molecule has 0 saturated heterocycles. The Labute approximate surface area is 209 Å². The molecule has 2 aliphatic rings. The van der Waals surface area contributed by atoms with Crippen molar-refractivity contribution in [2.45, 2.75) is 71.1 Å². The SMILES string of the molecule is CC(=O)Nc1c2n(c3ccc(F)cc13)CC(C)(C(=O)NC1CCCC1)N(Cc1ccccc1C)C2=O. The molecular weight excluding hydrogens is 459 g/mol. The predicted molar refractivity (Wildman–Crippen MR) is 136 cm³/mol. The number of hydrogen-bond donors (Lipinski definition) is 2. The maximum Gasteiger partial charge on any atom is 0.273 e. The van der Waals surface area contributed by atoms with Crippen molar-refractivity contribution in [2.75, 3.05) is 5.32 Å². The third kappa shape index (κ3) is 4.04. The van der Waals surface area contributed by atoms with E-state index in [4.69, 9.17) is 0 Å². The molecule has 3 amide bonds. The second-order valence-electron chi connectivity index (χ2n) is 10.2. The number of amides is 3. The third-order valence-electron chi connectivity index (χ3n) is 7.61. The molecule has 1 atom stereocenters. The summed E-state index contributed by atoms with van der Waals surface area (Å²) in [5, 5.41) is 6.38. The number of carbonyl (C=O) groups excluding carboxylic acids is 3. The Bertz CT molecular complexity index is 1370. The zero-order valence-electron chi connectivity index (χ0n) is 20.9. The van der Waals surface area contributed by atoms with Crippen molar-refractivity contribution in [2.24, 2.45) is 0 Å². The molecule has 2 N–H and O–H groups in total. The lowest BCUT2D eigenvalue weighted by atomic mass is 9.92. The average molecular weight is 491 g/mol. The predicted octanol–water partition coefficient (Wildman–Crippen LogP) is 4.52. The van der Waals surface area contributed by atoms with Crippen LogP contribution in [0.25, 0.3) is 10.9 Å². The first kappa shape index (κ1) is 24.0. The van der Waals surface area contributed by atoms with E-state index < -0.39 is 11.4 Å². The van der Waals surface area contributed by atoms with E-state index in [0.29, 0.717) is 10.9 Å². The van der Waals surface area contributed by atoms with E-state index in [0.717, 1.165) is 36.8 Å². The lowest BCUT2D eigenvalue weighted by Gasteiger charge is -2.45. The lowest BCUT2D eigenvalue weighted by molar-refractivity contribution is -0.133. The lowest BCUT2D eigenvalue weighted by Crippen LogP contribution is -2.64. The van der Waals surface area contributed by atoms with Gasteiger partial charge in [-0.1, -0.05) is 37.1 Å². The minimum atomic E-state index is -1.19. The molecule has 7 nitrogen and oxygen atoms in total. The van der Waals surface area contributed by atoms with Gasteiger partial charge < -0.3 is 20.1 Å². The molecule has 1 unspecified atom stereocenters. The first-order chi connectivity index (χ1) is 17.2. The van der Waals surface area contributed by atoms with Gasteiger partial charge in [0.1, 0.15) is 17.1 Å². The Balaban J connectivity index is 1.67. The summed E-state index contributed by atoms with van der Waals surface area (Å²) < 4.78 is 16.0. The number of halogens is 1. The smallest absolute Gasteiger partial charge is 0.273 e. The van der Waals surface area contributed by atoms with Gasteiger partial charge in [0, 0.05) is 24.9 Å². The van der Waals surface area contributed by atoms with Crippen molar-refractivity contribution in [3.8, 4) is 0 Å². The molecule has 2 heterocycles. The summed E-state index contributed by atoms with van der Waals surface area (Å²) in [5.74, 6) is -1.41. The molecule has 0 bridgehead atoms. The third-order valence-corrected chi connectivity index (χ3v) is 7.61. The molecule has 36 heavy (non-hydrogen) atoms. The Kier molecular flexibility index (Phi) is 6.06. The van der Waals surface area contributed by atoms with E-state index in [-0.39, 0.29) is 48.2 Å². The molecule has 2 aromatic carbocycles. The van der Waals surface area contributed by atoms with Gasteiger partial charge in [-0.25, -0.2) is 4.39 Å². The van der Waals surface area contributed by atoms with Crippen LogP contribution in [0.4, 0.5) is 10.1 Å². The first-order valence-corrected chi connectivity index (χ1v) is 12.5. The second kappa shape index (κ2) is 9.08. The standard InChI is InChI=1S/C28H31FN4O3/c1-17-8-4-5-9-19(17)15-33-26(35)25-24(30-18(2)34)22-14-20(29)12-13-23(22)32(25)16-28(33,3)27(36)31-21-10-6-7-11-21/h4-5,8-9,12-14,21H,6-7,10-11,15-16H2,1-3H3,(H,30,34)(H,31,36). The summed E-state index contributed by atoms with van der Waals surface area (Å²) in [7, 11) is 0. The molecule has 5 rings (SSSR count). The van der Waals surface area contributed by atoms with E-state index in [9.17, 15) is 18.8 Å². The molecule has 0 spiro atoms. The first-order valence-electron chi connectivity index (χ1n) is 12.5. The Morgan fingerprint density at radius 3 is 2.56 bits per heavy atom. The highest BCUT2D eigenvalue weighted by molar-refractivity contribution is 6.14. The van der Waals surface area contributed by atoms with Gasteiger partial charge >= 0.3 is 0 Å². The van der Waals surface area contributed by atoms with Gasteiger partial charge in [-0.2, -0.15) is 0 Å². The zero-order valence-corrected chi connectivity index (χ0v) is 20.9.